The predicted molar refractivity (Wildman–Crippen MR) is 85.7 cm³/mol. The summed E-state index contributed by atoms with van der Waals surface area (Å²) in [6.07, 6.45) is 4.93. The van der Waals surface area contributed by atoms with Crippen molar-refractivity contribution in [1.29, 1.82) is 5.41 Å². The lowest BCUT2D eigenvalue weighted by Gasteiger charge is -2.26. The zero-order valence-electron chi connectivity index (χ0n) is 11.4. The van der Waals surface area contributed by atoms with Gasteiger partial charge in [0.25, 0.3) is 0 Å². The maximum absolute atomic E-state index is 7.57. The third-order valence-electron chi connectivity index (χ3n) is 3.52. The first-order chi connectivity index (χ1) is 10.3. The smallest absolute Gasteiger partial charge is 0.129 e. The monoisotopic (exact) mass is 301 g/mol. The van der Waals surface area contributed by atoms with Gasteiger partial charge >= 0.3 is 0 Å². The zero-order valence-corrected chi connectivity index (χ0v) is 12.2. The Kier molecular flexibility index (Phi) is 4.13. The minimum absolute atomic E-state index is 0.442. The second-order valence-corrected chi connectivity index (χ2v) is 5.46. The number of nitrogens with zero attached hydrogens (tertiary/aromatic N) is 2. The fourth-order valence-corrected chi connectivity index (χ4v) is 2.33. The molecule has 2 aromatic heterocycles. The van der Waals surface area contributed by atoms with Gasteiger partial charge in [0.15, 0.2) is 0 Å². The van der Waals surface area contributed by atoms with Crippen LogP contribution in [-0.4, -0.2) is 35.8 Å². The average molecular weight is 302 g/mol. The molecule has 0 radical (unpaired) electrons. The number of pyridine rings is 2. The van der Waals surface area contributed by atoms with E-state index in [0.29, 0.717) is 11.1 Å². The summed E-state index contributed by atoms with van der Waals surface area (Å²) in [5.74, 6) is 0.670. The molecule has 0 unspecified atom stereocenters. The Bertz CT molecular complexity index is 694. The molecule has 2 aromatic rings. The van der Waals surface area contributed by atoms with Crippen LogP contribution in [0.2, 0.25) is 5.15 Å². The van der Waals surface area contributed by atoms with Gasteiger partial charge in [0, 0.05) is 55.3 Å². The standard InChI is InChI=1S/C15H16ClN5/c16-15-2-1-13-14(21-15)3-11(9-20-13)12(4-17)8-19-7-10-5-18-6-10/h1-4,8-10,17-19H,5-7H2/b12-8+,17-4?. The molecular weight excluding hydrogens is 286 g/mol. The molecule has 0 spiro atoms. The number of hydrogen-bond acceptors (Lipinski definition) is 5. The van der Waals surface area contributed by atoms with E-state index >= 15 is 0 Å². The van der Waals surface area contributed by atoms with Crippen LogP contribution in [0.1, 0.15) is 5.56 Å². The van der Waals surface area contributed by atoms with Gasteiger partial charge in [-0.15, -0.1) is 0 Å². The molecule has 3 N–H and O–H groups in total. The van der Waals surface area contributed by atoms with Crippen LogP contribution in [0.4, 0.5) is 0 Å². The van der Waals surface area contributed by atoms with Crippen molar-refractivity contribution in [3.05, 3.63) is 41.3 Å². The van der Waals surface area contributed by atoms with E-state index < -0.39 is 0 Å². The molecule has 6 heteroatoms. The number of halogens is 1. The first kappa shape index (κ1) is 14.0. The lowest BCUT2D eigenvalue weighted by atomic mass is 10.0. The van der Waals surface area contributed by atoms with Gasteiger partial charge in [-0.2, -0.15) is 0 Å². The molecule has 3 heterocycles. The second kappa shape index (κ2) is 6.20. The van der Waals surface area contributed by atoms with Crippen LogP contribution in [0.5, 0.6) is 0 Å². The molecule has 1 saturated heterocycles. The zero-order chi connectivity index (χ0) is 14.7. The molecule has 1 aliphatic heterocycles. The summed E-state index contributed by atoms with van der Waals surface area (Å²) >= 11 is 5.91. The van der Waals surface area contributed by atoms with Crippen LogP contribution in [0.15, 0.2) is 30.6 Å². The van der Waals surface area contributed by atoms with Gasteiger partial charge in [-0.25, -0.2) is 4.98 Å². The van der Waals surface area contributed by atoms with Crippen LogP contribution in [0.3, 0.4) is 0 Å². The van der Waals surface area contributed by atoms with E-state index in [4.69, 9.17) is 17.0 Å². The molecule has 0 atom stereocenters. The molecule has 21 heavy (non-hydrogen) atoms. The number of aromatic nitrogens is 2. The molecule has 1 fully saturated rings. The highest BCUT2D eigenvalue weighted by Gasteiger charge is 2.15. The van der Waals surface area contributed by atoms with E-state index in [2.05, 4.69) is 20.6 Å². The normalized spacial score (nSPS) is 15.8. The van der Waals surface area contributed by atoms with Gasteiger partial charge < -0.3 is 16.0 Å². The van der Waals surface area contributed by atoms with Crippen molar-refractivity contribution in [2.45, 2.75) is 0 Å². The van der Waals surface area contributed by atoms with Crippen molar-refractivity contribution in [2.75, 3.05) is 19.6 Å². The SMILES string of the molecule is N=C/C(=C\NCC1CNC1)c1cnc2ccc(Cl)nc2c1. The van der Waals surface area contributed by atoms with Crippen molar-refractivity contribution >= 4 is 34.4 Å². The molecule has 5 nitrogen and oxygen atoms in total. The van der Waals surface area contributed by atoms with E-state index in [1.54, 1.807) is 12.3 Å². The van der Waals surface area contributed by atoms with E-state index in [1.165, 1.54) is 6.21 Å². The first-order valence-corrected chi connectivity index (χ1v) is 7.21. The number of rotatable bonds is 5. The predicted octanol–water partition coefficient (Wildman–Crippen LogP) is 2.08. The minimum atomic E-state index is 0.442. The van der Waals surface area contributed by atoms with Crippen LogP contribution in [-0.2, 0) is 0 Å². The van der Waals surface area contributed by atoms with E-state index in [-0.39, 0.29) is 0 Å². The molecule has 0 saturated carbocycles. The van der Waals surface area contributed by atoms with E-state index in [0.717, 1.165) is 41.8 Å². The Morgan fingerprint density at radius 2 is 2.29 bits per heavy atom. The highest BCUT2D eigenvalue weighted by Crippen LogP contribution is 2.18. The van der Waals surface area contributed by atoms with Crippen molar-refractivity contribution in [1.82, 2.24) is 20.6 Å². The van der Waals surface area contributed by atoms with E-state index in [1.807, 2.05) is 18.3 Å². The fourth-order valence-electron chi connectivity index (χ4n) is 2.18. The number of fused-ring (bicyclic) bond motifs is 1. The van der Waals surface area contributed by atoms with Gasteiger partial charge in [-0.3, -0.25) is 4.98 Å². The van der Waals surface area contributed by atoms with Crippen molar-refractivity contribution in [3.63, 3.8) is 0 Å². The maximum Gasteiger partial charge on any atom is 0.129 e. The quantitative estimate of drug-likeness (QED) is 0.584. The Hall–Kier alpha value is -1.98. The summed E-state index contributed by atoms with van der Waals surface area (Å²) in [5.41, 5.74) is 3.15. The topological polar surface area (TPSA) is 73.7 Å². The average Bonchev–Trinajstić information content (AvgIpc) is 2.45. The third-order valence-corrected chi connectivity index (χ3v) is 3.73. The van der Waals surface area contributed by atoms with Crippen molar-refractivity contribution in [2.24, 2.45) is 5.92 Å². The third kappa shape index (κ3) is 3.20. The van der Waals surface area contributed by atoms with Crippen molar-refractivity contribution < 1.29 is 0 Å². The molecule has 3 rings (SSSR count). The molecule has 1 aliphatic rings. The molecular formula is C15H16ClN5. The van der Waals surface area contributed by atoms with Crippen LogP contribution in [0, 0.1) is 11.3 Å². The van der Waals surface area contributed by atoms with Crippen molar-refractivity contribution in [3.8, 4) is 0 Å². The number of nitrogens with one attached hydrogen (secondary N) is 3. The summed E-state index contributed by atoms with van der Waals surface area (Å²) in [6.45, 7) is 3.02. The molecule has 0 bridgehead atoms. The molecule has 108 valence electrons. The fraction of sp³-hybridized carbons (Fsp3) is 0.267. The van der Waals surface area contributed by atoms with E-state index in [9.17, 15) is 0 Å². The minimum Gasteiger partial charge on any atom is -0.390 e. The largest absolute Gasteiger partial charge is 0.390 e. The highest BCUT2D eigenvalue weighted by molar-refractivity contribution is 6.29. The highest BCUT2D eigenvalue weighted by atomic mass is 35.5. The summed E-state index contributed by atoms with van der Waals surface area (Å²) in [6, 6.07) is 5.46. The number of hydrogen-bond donors (Lipinski definition) is 3. The summed E-state index contributed by atoms with van der Waals surface area (Å²) in [4.78, 5) is 8.61. The lowest BCUT2D eigenvalue weighted by Crippen LogP contribution is -2.46. The summed E-state index contributed by atoms with van der Waals surface area (Å²) < 4.78 is 0. The van der Waals surface area contributed by atoms with Gasteiger partial charge in [0.05, 0.1) is 11.0 Å². The van der Waals surface area contributed by atoms with Gasteiger partial charge in [-0.1, -0.05) is 11.6 Å². The molecule has 0 aromatic carbocycles. The Labute approximate surface area is 127 Å². The second-order valence-electron chi connectivity index (χ2n) is 5.07. The van der Waals surface area contributed by atoms with Crippen LogP contribution >= 0.6 is 11.6 Å². The molecule has 0 aliphatic carbocycles. The lowest BCUT2D eigenvalue weighted by molar-refractivity contribution is 0.344. The maximum atomic E-state index is 7.57. The summed E-state index contributed by atoms with van der Waals surface area (Å²) in [7, 11) is 0. The van der Waals surface area contributed by atoms with Crippen LogP contribution in [0.25, 0.3) is 16.6 Å². The van der Waals surface area contributed by atoms with Gasteiger partial charge in [-0.05, 0) is 18.2 Å². The van der Waals surface area contributed by atoms with Gasteiger partial charge in [0.2, 0.25) is 0 Å². The Balaban J connectivity index is 1.81. The number of allylic oxidation sites excluding steroid dienone is 1. The summed E-state index contributed by atoms with van der Waals surface area (Å²) in [5, 5.41) is 14.5. The Morgan fingerprint density at radius 3 is 3.00 bits per heavy atom. The first-order valence-electron chi connectivity index (χ1n) is 6.83. The Morgan fingerprint density at radius 1 is 1.43 bits per heavy atom. The van der Waals surface area contributed by atoms with Crippen LogP contribution < -0.4 is 10.6 Å². The van der Waals surface area contributed by atoms with Gasteiger partial charge in [0.1, 0.15) is 5.15 Å². The molecule has 0 amide bonds.